The standard InChI is InChI=1S/C15H16OS2/c1-11(2)7-8-17-15-12(9-16)10-18-14-6-4-3-5-13(14)15/h3-7,9H,8,10H2,1-2H3. The van der Waals surface area contributed by atoms with E-state index in [-0.39, 0.29) is 0 Å². The van der Waals surface area contributed by atoms with Gasteiger partial charge in [-0.15, -0.1) is 23.5 Å². The molecule has 0 fully saturated rings. The predicted molar refractivity (Wildman–Crippen MR) is 82.0 cm³/mol. The maximum Gasteiger partial charge on any atom is 0.148 e. The van der Waals surface area contributed by atoms with Crippen molar-refractivity contribution in [2.45, 2.75) is 18.7 Å². The third-order valence-corrected chi connectivity index (χ3v) is 4.89. The Labute approximate surface area is 117 Å². The fourth-order valence-corrected chi connectivity index (χ4v) is 4.13. The second-order valence-electron chi connectivity index (χ2n) is 4.35. The molecule has 1 aliphatic heterocycles. The minimum Gasteiger partial charge on any atom is -0.298 e. The molecule has 0 N–H and O–H groups in total. The van der Waals surface area contributed by atoms with Gasteiger partial charge in [0.05, 0.1) is 0 Å². The minimum absolute atomic E-state index is 0.789. The van der Waals surface area contributed by atoms with Crippen LogP contribution in [0.3, 0.4) is 0 Å². The van der Waals surface area contributed by atoms with Crippen LogP contribution in [0.25, 0.3) is 4.91 Å². The van der Waals surface area contributed by atoms with Gasteiger partial charge in [0.25, 0.3) is 0 Å². The molecule has 1 aromatic rings. The van der Waals surface area contributed by atoms with Gasteiger partial charge in [-0.1, -0.05) is 29.8 Å². The van der Waals surface area contributed by atoms with E-state index in [1.807, 2.05) is 6.07 Å². The Morgan fingerprint density at radius 2 is 2.17 bits per heavy atom. The van der Waals surface area contributed by atoms with Gasteiger partial charge in [0.1, 0.15) is 6.29 Å². The summed E-state index contributed by atoms with van der Waals surface area (Å²) in [6.45, 7) is 4.19. The van der Waals surface area contributed by atoms with E-state index in [2.05, 4.69) is 38.1 Å². The SMILES string of the molecule is CC(C)=CCSC1=C(C=O)CSc2ccccc21. The van der Waals surface area contributed by atoms with E-state index in [0.717, 1.165) is 28.3 Å². The lowest BCUT2D eigenvalue weighted by Crippen LogP contribution is -2.02. The highest BCUT2D eigenvalue weighted by Gasteiger charge is 2.18. The van der Waals surface area contributed by atoms with Crippen LogP contribution in [-0.4, -0.2) is 17.8 Å². The van der Waals surface area contributed by atoms with Crippen LogP contribution in [0.1, 0.15) is 19.4 Å². The summed E-state index contributed by atoms with van der Waals surface area (Å²) in [7, 11) is 0. The second-order valence-corrected chi connectivity index (χ2v) is 6.40. The average Bonchev–Trinajstić information content (AvgIpc) is 2.38. The van der Waals surface area contributed by atoms with Crippen LogP contribution in [-0.2, 0) is 4.79 Å². The zero-order chi connectivity index (χ0) is 13.0. The Hall–Kier alpha value is -0.930. The number of carbonyl (C=O) groups is 1. The summed E-state index contributed by atoms with van der Waals surface area (Å²) in [4.78, 5) is 13.6. The van der Waals surface area contributed by atoms with Gasteiger partial charge >= 0.3 is 0 Å². The maximum atomic E-state index is 11.2. The van der Waals surface area contributed by atoms with E-state index in [0.29, 0.717) is 0 Å². The van der Waals surface area contributed by atoms with Crippen molar-refractivity contribution in [2.24, 2.45) is 0 Å². The predicted octanol–water partition coefficient (Wildman–Crippen LogP) is 4.40. The first-order valence-electron chi connectivity index (χ1n) is 5.89. The molecule has 2 rings (SSSR count). The number of rotatable bonds is 4. The van der Waals surface area contributed by atoms with Crippen molar-refractivity contribution in [3.63, 3.8) is 0 Å². The van der Waals surface area contributed by atoms with Crippen LogP contribution in [0.4, 0.5) is 0 Å². The molecule has 0 aliphatic carbocycles. The van der Waals surface area contributed by atoms with Crippen molar-refractivity contribution in [3.05, 3.63) is 47.1 Å². The molecule has 1 nitrogen and oxygen atoms in total. The van der Waals surface area contributed by atoms with Gasteiger partial charge in [0.2, 0.25) is 0 Å². The summed E-state index contributed by atoms with van der Waals surface area (Å²) in [5.41, 5.74) is 3.45. The number of fused-ring (bicyclic) bond motifs is 1. The molecule has 18 heavy (non-hydrogen) atoms. The minimum atomic E-state index is 0.789. The van der Waals surface area contributed by atoms with Gasteiger partial charge in [-0.25, -0.2) is 0 Å². The first-order valence-corrected chi connectivity index (χ1v) is 7.86. The molecule has 0 aromatic heterocycles. The molecule has 0 bridgehead atoms. The highest BCUT2D eigenvalue weighted by molar-refractivity contribution is 8.08. The molecule has 0 atom stereocenters. The Balaban J connectivity index is 2.30. The van der Waals surface area contributed by atoms with Crippen LogP contribution in [0.5, 0.6) is 0 Å². The molecule has 0 unspecified atom stereocenters. The highest BCUT2D eigenvalue weighted by Crippen LogP contribution is 2.42. The Morgan fingerprint density at radius 3 is 2.89 bits per heavy atom. The van der Waals surface area contributed by atoms with Crippen molar-refractivity contribution in [1.29, 1.82) is 0 Å². The number of carbonyl (C=O) groups excluding carboxylic acids is 1. The van der Waals surface area contributed by atoms with E-state index in [4.69, 9.17) is 0 Å². The molecule has 1 aliphatic rings. The maximum absolute atomic E-state index is 11.2. The van der Waals surface area contributed by atoms with E-state index in [9.17, 15) is 4.79 Å². The lowest BCUT2D eigenvalue weighted by atomic mass is 10.1. The molecule has 1 aromatic carbocycles. The van der Waals surface area contributed by atoms with Gasteiger partial charge in [-0.3, -0.25) is 4.79 Å². The first kappa shape index (κ1) is 13.5. The summed E-state index contributed by atoms with van der Waals surface area (Å²) in [6, 6.07) is 8.32. The Kier molecular flexibility index (Phi) is 4.72. The molecule has 0 radical (unpaired) electrons. The van der Waals surface area contributed by atoms with Crippen molar-refractivity contribution in [2.75, 3.05) is 11.5 Å². The third-order valence-electron chi connectivity index (χ3n) is 2.67. The molecule has 0 saturated heterocycles. The number of thioether (sulfide) groups is 2. The number of aldehydes is 1. The average molecular weight is 276 g/mol. The van der Waals surface area contributed by atoms with Crippen LogP contribution >= 0.6 is 23.5 Å². The summed E-state index contributed by atoms with van der Waals surface area (Å²) in [6.07, 6.45) is 3.21. The summed E-state index contributed by atoms with van der Waals surface area (Å²) >= 11 is 3.51. The van der Waals surface area contributed by atoms with E-state index >= 15 is 0 Å². The molecule has 1 heterocycles. The van der Waals surface area contributed by atoms with E-state index in [1.165, 1.54) is 16.0 Å². The van der Waals surface area contributed by atoms with Gasteiger partial charge < -0.3 is 0 Å². The van der Waals surface area contributed by atoms with Gasteiger partial charge in [0, 0.05) is 32.4 Å². The van der Waals surface area contributed by atoms with Crippen LogP contribution in [0.2, 0.25) is 0 Å². The van der Waals surface area contributed by atoms with Gasteiger partial charge in [-0.05, 0) is 19.9 Å². The summed E-state index contributed by atoms with van der Waals surface area (Å²) < 4.78 is 0. The lowest BCUT2D eigenvalue weighted by Gasteiger charge is -2.19. The summed E-state index contributed by atoms with van der Waals surface area (Å²) in [5, 5.41) is 0. The second kappa shape index (κ2) is 6.30. The van der Waals surface area contributed by atoms with Crippen molar-refractivity contribution < 1.29 is 4.79 Å². The largest absolute Gasteiger partial charge is 0.298 e. The Morgan fingerprint density at radius 1 is 1.39 bits per heavy atom. The number of allylic oxidation sites excluding steroid dienone is 1. The number of benzene rings is 1. The highest BCUT2D eigenvalue weighted by atomic mass is 32.2. The number of hydrogen-bond donors (Lipinski definition) is 0. The first-order chi connectivity index (χ1) is 8.72. The molecule has 0 spiro atoms. The fraction of sp³-hybridized carbons (Fsp3) is 0.267. The van der Waals surface area contributed by atoms with Crippen LogP contribution in [0.15, 0.2) is 46.4 Å². The lowest BCUT2D eigenvalue weighted by molar-refractivity contribution is -0.104. The normalized spacial score (nSPS) is 14.1. The fourth-order valence-electron chi connectivity index (χ4n) is 1.72. The monoisotopic (exact) mass is 276 g/mol. The molecule has 0 saturated carbocycles. The summed E-state index contributed by atoms with van der Waals surface area (Å²) in [5.74, 6) is 1.71. The molecule has 0 amide bonds. The van der Waals surface area contributed by atoms with Gasteiger partial charge in [-0.2, -0.15) is 0 Å². The smallest absolute Gasteiger partial charge is 0.148 e. The zero-order valence-corrected chi connectivity index (χ0v) is 12.2. The van der Waals surface area contributed by atoms with Crippen LogP contribution in [0, 0.1) is 0 Å². The molecular formula is C15H16OS2. The molecule has 94 valence electrons. The third kappa shape index (κ3) is 3.09. The van der Waals surface area contributed by atoms with Gasteiger partial charge in [0.15, 0.2) is 0 Å². The van der Waals surface area contributed by atoms with E-state index < -0.39 is 0 Å². The van der Waals surface area contributed by atoms with Crippen LogP contribution < -0.4 is 0 Å². The number of hydrogen-bond acceptors (Lipinski definition) is 3. The van der Waals surface area contributed by atoms with E-state index in [1.54, 1.807) is 23.5 Å². The van der Waals surface area contributed by atoms with Crippen molar-refractivity contribution >= 4 is 34.7 Å². The quantitative estimate of drug-likeness (QED) is 0.599. The topological polar surface area (TPSA) is 17.1 Å². The molecule has 3 heteroatoms. The molecular weight excluding hydrogens is 260 g/mol. The van der Waals surface area contributed by atoms with Crippen molar-refractivity contribution in [1.82, 2.24) is 0 Å². The Bertz CT molecular complexity index is 511. The van der Waals surface area contributed by atoms with Crippen molar-refractivity contribution in [3.8, 4) is 0 Å². The zero-order valence-electron chi connectivity index (χ0n) is 10.6.